The molecule has 27 heavy (non-hydrogen) atoms. The highest BCUT2D eigenvalue weighted by Crippen LogP contribution is 2.32. The van der Waals surface area contributed by atoms with Gasteiger partial charge in [-0.2, -0.15) is 0 Å². The van der Waals surface area contributed by atoms with E-state index in [2.05, 4.69) is 13.8 Å². The van der Waals surface area contributed by atoms with E-state index in [4.69, 9.17) is 26.2 Å². The number of halogens is 1. The van der Waals surface area contributed by atoms with Crippen LogP contribution in [0.4, 0.5) is 0 Å². The van der Waals surface area contributed by atoms with Gasteiger partial charge < -0.3 is 24.8 Å². The monoisotopic (exact) mass is 398 g/mol. The largest absolute Gasteiger partial charge is 0.495 e. The van der Waals surface area contributed by atoms with Crippen molar-refractivity contribution in [1.29, 1.82) is 0 Å². The van der Waals surface area contributed by atoms with Gasteiger partial charge in [-0.3, -0.25) is 0 Å². The lowest BCUT2D eigenvalue weighted by Gasteiger charge is -2.27. The Morgan fingerprint density at radius 3 is 2.26 bits per heavy atom. The van der Waals surface area contributed by atoms with Crippen LogP contribution in [0, 0.1) is 0 Å². The van der Waals surface area contributed by atoms with Crippen molar-refractivity contribution >= 4 is 11.6 Å². The first kappa shape index (κ1) is 23.5. The molecule has 1 aromatic rings. The molecule has 0 bridgehead atoms. The van der Waals surface area contributed by atoms with Gasteiger partial charge in [-0.05, 0) is 37.6 Å². The van der Waals surface area contributed by atoms with Crippen molar-refractivity contribution in [3.05, 3.63) is 53.3 Å². The second-order valence-electron chi connectivity index (χ2n) is 7.04. The molecular formula is C21H31ClO5. The Labute approximate surface area is 166 Å². The summed E-state index contributed by atoms with van der Waals surface area (Å²) in [5.41, 5.74) is 2.07. The van der Waals surface area contributed by atoms with Gasteiger partial charge in [-0.15, -0.1) is 11.6 Å². The molecule has 1 aromatic carbocycles. The van der Waals surface area contributed by atoms with Crippen molar-refractivity contribution in [3.63, 3.8) is 0 Å². The van der Waals surface area contributed by atoms with Gasteiger partial charge in [-0.25, -0.2) is 0 Å². The van der Waals surface area contributed by atoms with Gasteiger partial charge in [0.25, 0.3) is 0 Å². The lowest BCUT2D eigenvalue weighted by Crippen LogP contribution is -2.20. The number of rotatable bonds is 11. The number of allylic oxidation sites excluding steroid dienone is 4. The zero-order valence-corrected chi connectivity index (χ0v) is 17.2. The highest BCUT2D eigenvalue weighted by Gasteiger charge is 2.22. The molecule has 6 heteroatoms. The highest BCUT2D eigenvalue weighted by atomic mass is 35.5. The number of benzene rings is 1. The van der Waals surface area contributed by atoms with Crippen LogP contribution in [0.15, 0.2) is 47.7 Å². The minimum Gasteiger partial charge on any atom is -0.495 e. The van der Waals surface area contributed by atoms with Crippen LogP contribution < -0.4 is 4.74 Å². The van der Waals surface area contributed by atoms with Gasteiger partial charge in [0.1, 0.15) is 31.2 Å². The summed E-state index contributed by atoms with van der Waals surface area (Å²) < 4.78 is 10.9. The molecule has 0 saturated carbocycles. The Morgan fingerprint density at radius 2 is 1.70 bits per heavy atom. The highest BCUT2D eigenvalue weighted by molar-refractivity contribution is 6.18. The zero-order chi connectivity index (χ0) is 20.4. The van der Waals surface area contributed by atoms with Crippen molar-refractivity contribution < 1.29 is 24.8 Å². The topological polar surface area (TPSA) is 79.2 Å². The Bertz CT molecular complexity index is 622. The zero-order valence-electron chi connectivity index (χ0n) is 16.5. The van der Waals surface area contributed by atoms with E-state index >= 15 is 0 Å². The fourth-order valence-corrected chi connectivity index (χ4v) is 2.30. The summed E-state index contributed by atoms with van der Waals surface area (Å²) >= 11 is 5.56. The summed E-state index contributed by atoms with van der Waals surface area (Å²) in [6.45, 7) is 8.03. The van der Waals surface area contributed by atoms with Crippen molar-refractivity contribution in [2.75, 3.05) is 25.7 Å². The van der Waals surface area contributed by atoms with E-state index in [1.54, 1.807) is 0 Å². The number of aliphatic hydroxyl groups is 3. The molecule has 5 nitrogen and oxygen atoms in total. The summed E-state index contributed by atoms with van der Waals surface area (Å²) in [6.07, 6.45) is 2.29. The molecule has 0 saturated heterocycles. The molecule has 1 rings (SSSR count). The second kappa shape index (κ2) is 11.3. The average Bonchev–Trinajstić information content (AvgIpc) is 2.68. The molecule has 0 aliphatic heterocycles. The fraction of sp³-hybridized carbons (Fsp3) is 0.524. The van der Waals surface area contributed by atoms with Crippen LogP contribution >= 0.6 is 11.6 Å². The third-order valence-electron chi connectivity index (χ3n) is 4.46. The van der Waals surface area contributed by atoms with Gasteiger partial charge >= 0.3 is 0 Å². The normalized spacial score (nSPS) is 15.4. The molecule has 0 radical (unpaired) electrons. The minimum atomic E-state index is -0.874. The molecule has 2 atom stereocenters. The number of ether oxygens (including phenoxy) is 2. The molecule has 0 amide bonds. The number of aliphatic hydroxyl groups excluding tert-OH is 3. The maximum absolute atomic E-state index is 9.46. The van der Waals surface area contributed by atoms with Gasteiger partial charge in [0, 0.05) is 5.41 Å². The van der Waals surface area contributed by atoms with Crippen molar-refractivity contribution in [1.82, 2.24) is 0 Å². The van der Waals surface area contributed by atoms with Crippen LogP contribution in [-0.4, -0.2) is 53.2 Å². The Hall–Kier alpha value is -1.53. The lowest BCUT2D eigenvalue weighted by molar-refractivity contribution is 0.0306. The summed E-state index contributed by atoms with van der Waals surface area (Å²) in [6, 6.07) is 7.77. The summed E-state index contributed by atoms with van der Waals surface area (Å²) in [7, 11) is 0. The first-order chi connectivity index (χ1) is 12.7. The lowest BCUT2D eigenvalue weighted by atomic mass is 9.78. The number of alkyl halides is 1. The maximum atomic E-state index is 9.46. The van der Waals surface area contributed by atoms with Crippen LogP contribution in [0.2, 0.25) is 0 Å². The summed E-state index contributed by atoms with van der Waals surface area (Å²) in [5, 5.41) is 27.6. The van der Waals surface area contributed by atoms with E-state index in [1.165, 1.54) is 0 Å². The number of hydrogen-bond donors (Lipinski definition) is 3. The van der Waals surface area contributed by atoms with Crippen molar-refractivity contribution in [2.45, 2.75) is 45.3 Å². The first-order valence-corrected chi connectivity index (χ1v) is 9.49. The van der Waals surface area contributed by atoms with Crippen LogP contribution in [0.3, 0.4) is 0 Å². The van der Waals surface area contributed by atoms with E-state index in [-0.39, 0.29) is 31.1 Å². The molecule has 2 unspecified atom stereocenters. The van der Waals surface area contributed by atoms with Gasteiger partial charge in [0.15, 0.2) is 0 Å². The minimum absolute atomic E-state index is 0.0645. The third kappa shape index (κ3) is 7.93. The van der Waals surface area contributed by atoms with Gasteiger partial charge in [0.05, 0.1) is 18.2 Å². The maximum Gasteiger partial charge on any atom is 0.119 e. The average molecular weight is 399 g/mol. The summed E-state index contributed by atoms with van der Waals surface area (Å²) in [5.74, 6) is 1.50. The standard InChI is InChI=1S/C21H31ClO5/c1-15(5-6-16(2)26-14-19(25)12-23)21(3,4)17-7-9-20(10-8-17)27-13-18(24)11-22/h5-10,18-19,23-25H,11-14H2,1-4H3/b15-5+,16-6+. The molecule has 3 N–H and O–H groups in total. The van der Waals surface area contributed by atoms with E-state index in [0.29, 0.717) is 11.5 Å². The van der Waals surface area contributed by atoms with Gasteiger partial charge in [0.2, 0.25) is 0 Å². The molecule has 0 aromatic heterocycles. The van der Waals surface area contributed by atoms with Crippen LogP contribution in [0.25, 0.3) is 0 Å². The van der Waals surface area contributed by atoms with Crippen molar-refractivity contribution in [3.8, 4) is 5.75 Å². The van der Waals surface area contributed by atoms with E-state index in [0.717, 1.165) is 11.1 Å². The fourth-order valence-electron chi connectivity index (χ4n) is 2.21. The third-order valence-corrected chi connectivity index (χ3v) is 4.82. The Balaban J connectivity index is 2.76. The smallest absolute Gasteiger partial charge is 0.119 e. The molecule has 0 spiro atoms. The van der Waals surface area contributed by atoms with Crippen LogP contribution in [0.5, 0.6) is 5.75 Å². The second-order valence-corrected chi connectivity index (χ2v) is 7.35. The quantitative estimate of drug-likeness (QED) is 0.303. The van der Waals surface area contributed by atoms with E-state index in [1.807, 2.05) is 50.3 Å². The Morgan fingerprint density at radius 1 is 1.07 bits per heavy atom. The predicted molar refractivity (Wildman–Crippen MR) is 108 cm³/mol. The molecule has 0 heterocycles. The molecular weight excluding hydrogens is 368 g/mol. The SMILES string of the molecule is C/C(=C\C=C(/C)C(C)(C)c1ccc(OCC(O)CCl)cc1)OCC(O)CO. The molecule has 0 fully saturated rings. The summed E-state index contributed by atoms with van der Waals surface area (Å²) in [4.78, 5) is 0. The molecule has 152 valence electrons. The van der Waals surface area contributed by atoms with Gasteiger partial charge in [-0.1, -0.05) is 37.6 Å². The Kier molecular flexibility index (Phi) is 9.88. The van der Waals surface area contributed by atoms with Crippen LogP contribution in [-0.2, 0) is 10.2 Å². The van der Waals surface area contributed by atoms with Crippen molar-refractivity contribution in [2.24, 2.45) is 0 Å². The van der Waals surface area contributed by atoms with E-state index in [9.17, 15) is 10.2 Å². The number of hydrogen-bond acceptors (Lipinski definition) is 5. The molecule has 0 aliphatic carbocycles. The van der Waals surface area contributed by atoms with E-state index < -0.39 is 12.2 Å². The predicted octanol–water partition coefficient (Wildman–Crippen LogP) is 3.16. The first-order valence-electron chi connectivity index (χ1n) is 8.95. The van der Waals surface area contributed by atoms with Crippen LogP contribution in [0.1, 0.15) is 33.3 Å². The molecule has 0 aliphatic rings.